The maximum Gasteiger partial charge on any atom is 0.335 e. The fourth-order valence-electron chi connectivity index (χ4n) is 3.25. The first-order valence-corrected chi connectivity index (χ1v) is 11.2. The Bertz CT molecular complexity index is 1340. The SMILES string of the molecule is Cc1ccc(N2C(=O)NC(=O)/C(=C\c3ccc(OCc4ccc(Cl)cc4)c(Cl)c3)C2=O)cc1Cl. The number of nitrogens with zero attached hydrogens (tertiary/aromatic N) is 1. The number of halogens is 3. The van der Waals surface area contributed by atoms with Crippen LogP contribution in [0.2, 0.25) is 15.1 Å². The molecule has 0 spiro atoms. The molecule has 1 saturated heterocycles. The number of carbonyl (C=O) groups is 3. The summed E-state index contributed by atoms with van der Waals surface area (Å²) in [6.07, 6.45) is 1.36. The van der Waals surface area contributed by atoms with E-state index in [-0.39, 0.29) is 17.9 Å². The van der Waals surface area contributed by atoms with Crippen LogP contribution in [0.5, 0.6) is 5.75 Å². The lowest BCUT2D eigenvalue weighted by atomic mass is 10.1. The summed E-state index contributed by atoms with van der Waals surface area (Å²) in [6, 6.07) is 16.0. The van der Waals surface area contributed by atoms with E-state index >= 15 is 0 Å². The molecule has 4 amide bonds. The number of hydrogen-bond donors (Lipinski definition) is 1. The molecule has 9 heteroatoms. The van der Waals surface area contributed by atoms with E-state index in [1.807, 2.05) is 12.1 Å². The molecule has 0 saturated carbocycles. The van der Waals surface area contributed by atoms with Crippen LogP contribution in [0.25, 0.3) is 6.08 Å². The topological polar surface area (TPSA) is 75.7 Å². The summed E-state index contributed by atoms with van der Waals surface area (Å²) in [4.78, 5) is 38.7. The van der Waals surface area contributed by atoms with Crippen molar-refractivity contribution in [2.24, 2.45) is 0 Å². The van der Waals surface area contributed by atoms with Gasteiger partial charge in [-0.1, -0.05) is 59.1 Å². The van der Waals surface area contributed by atoms with Crippen LogP contribution >= 0.6 is 34.8 Å². The van der Waals surface area contributed by atoms with Gasteiger partial charge < -0.3 is 4.74 Å². The van der Waals surface area contributed by atoms with Crippen LogP contribution in [-0.4, -0.2) is 17.8 Å². The third-order valence-electron chi connectivity index (χ3n) is 5.09. The maximum atomic E-state index is 13.0. The molecule has 34 heavy (non-hydrogen) atoms. The van der Waals surface area contributed by atoms with Crippen LogP contribution in [0.3, 0.4) is 0 Å². The van der Waals surface area contributed by atoms with E-state index in [1.165, 1.54) is 12.1 Å². The van der Waals surface area contributed by atoms with Crippen molar-refractivity contribution < 1.29 is 19.1 Å². The Labute approximate surface area is 210 Å². The monoisotopic (exact) mass is 514 g/mol. The number of hydrogen-bond acceptors (Lipinski definition) is 4. The zero-order valence-electron chi connectivity index (χ0n) is 17.8. The molecular weight excluding hydrogens is 499 g/mol. The predicted octanol–water partition coefficient (Wildman–Crippen LogP) is 6.20. The van der Waals surface area contributed by atoms with Gasteiger partial charge in [0.1, 0.15) is 17.9 Å². The molecule has 0 aromatic heterocycles. The fourth-order valence-corrected chi connectivity index (χ4v) is 3.79. The first-order valence-electron chi connectivity index (χ1n) is 10.1. The molecule has 1 fully saturated rings. The molecule has 4 rings (SSSR count). The molecule has 3 aromatic carbocycles. The van der Waals surface area contributed by atoms with Crippen LogP contribution in [0.15, 0.2) is 66.2 Å². The Morgan fingerprint density at radius 3 is 2.32 bits per heavy atom. The molecule has 0 aliphatic carbocycles. The van der Waals surface area contributed by atoms with E-state index in [9.17, 15) is 14.4 Å². The van der Waals surface area contributed by atoms with Crippen molar-refractivity contribution >= 4 is 64.4 Å². The van der Waals surface area contributed by atoms with Crippen LogP contribution < -0.4 is 15.0 Å². The van der Waals surface area contributed by atoms with Gasteiger partial charge in [0, 0.05) is 10.0 Å². The first kappa shape index (κ1) is 23.8. The molecule has 6 nitrogen and oxygen atoms in total. The van der Waals surface area contributed by atoms with Crippen molar-refractivity contribution in [3.8, 4) is 5.75 Å². The summed E-state index contributed by atoms with van der Waals surface area (Å²) in [5, 5.41) is 3.50. The Balaban J connectivity index is 1.56. The highest BCUT2D eigenvalue weighted by atomic mass is 35.5. The number of ether oxygens (including phenoxy) is 1. The third kappa shape index (κ3) is 5.09. The number of amides is 4. The normalized spacial score (nSPS) is 15.0. The number of nitrogens with one attached hydrogen (secondary N) is 1. The summed E-state index contributed by atoms with van der Waals surface area (Å²) in [7, 11) is 0. The number of benzene rings is 3. The van der Waals surface area contributed by atoms with E-state index in [2.05, 4.69) is 5.32 Å². The summed E-state index contributed by atoms with van der Waals surface area (Å²) >= 11 is 18.4. The predicted molar refractivity (Wildman–Crippen MR) is 132 cm³/mol. The number of rotatable bonds is 5. The highest BCUT2D eigenvalue weighted by Gasteiger charge is 2.37. The molecule has 172 valence electrons. The third-order valence-corrected chi connectivity index (χ3v) is 6.04. The molecule has 1 heterocycles. The molecule has 0 bridgehead atoms. The van der Waals surface area contributed by atoms with E-state index in [0.717, 1.165) is 16.0 Å². The Morgan fingerprint density at radius 1 is 0.912 bits per heavy atom. The summed E-state index contributed by atoms with van der Waals surface area (Å²) in [5.74, 6) is -1.14. The highest BCUT2D eigenvalue weighted by Crippen LogP contribution is 2.29. The van der Waals surface area contributed by atoms with Crippen molar-refractivity contribution in [3.05, 3.63) is 98.0 Å². The van der Waals surface area contributed by atoms with Gasteiger partial charge in [0.25, 0.3) is 11.8 Å². The zero-order valence-corrected chi connectivity index (χ0v) is 20.0. The second-order valence-electron chi connectivity index (χ2n) is 7.50. The van der Waals surface area contributed by atoms with Gasteiger partial charge in [-0.15, -0.1) is 0 Å². The number of anilines is 1. The molecule has 0 atom stereocenters. The first-order chi connectivity index (χ1) is 16.2. The van der Waals surface area contributed by atoms with Crippen LogP contribution in [-0.2, 0) is 16.2 Å². The number of barbiturate groups is 1. The van der Waals surface area contributed by atoms with E-state index in [4.69, 9.17) is 39.5 Å². The largest absolute Gasteiger partial charge is 0.487 e. The van der Waals surface area contributed by atoms with E-state index in [1.54, 1.807) is 49.4 Å². The number of urea groups is 1. The number of carbonyl (C=O) groups excluding carboxylic acids is 3. The number of aryl methyl sites for hydroxylation is 1. The Kier molecular flexibility index (Phi) is 6.93. The minimum absolute atomic E-state index is 0.220. The summed E-state index contributed by atoms with van der Waals surface area (Å²) < 4.78 is 5.75. The zero-order chi connectivity index (χ0) is 24.4. The summed E-state index contributed by atoms with van der Waals surface area (Å²) in [6.45, 7) is 2.08. The van der Waals surface area contributed by atoms with Gasteiger partial charge in [-0.2, -0.15) is 0 Å². The fraction of sp³-hybridized carbons (Fsp3) is 0.0800. The van der Waals surface area contributed by atoms with Gasteiger partial charge in [-0.25, -0.2) is 9.69 Å². The van der Waals surface area contributed by atoms with Crippen molar-refractivity contribution in [2.45, 2.75) is 13.5 Å². The van der Waals surface area contributed by atoms with Gasteiger partial charge in [0.05, 0.1) is 10.7 Å². The molecule has 0 unspecified atom stereocenters. The lowest BCUT2D eigenvalue weighted by molar-refractivity contribution is -0.122. The molecule has 1 aliphatic rings. The van der Waals surface area contributed by atoms with E-state index < -0.39 is 17.8 Å². The molecule has 3 aromatic rings. The van der Waals surface area contributed by atoms with Crippen molar-refractivity contribution in [2.75, 3.05) is 4.90 Å². The van der Waals surface area contributed by atoms with Gasteiger partial charge in [0.15, 0.2) is 0 Å². The minimum Gasteiger partial charge on any atom is -0.487 e. The summed E-state index contributed by atoms with van der Waals surface area (Å²) in [5.41, 5.74) is 2.22. The van der Waals surface area contributed by atoms with Crippen molar-refractivity contribution in [3.63, 3.8) is 0 Å². The van der Waals surface area contributed by atoms with Crippen LogP contribution in [0.4, 0.5) is 10.5 Å². The Hall–Kier alpha value is -3.32. The second-order valence-corrected chi connectivity index (χ2v) is 8.75. The lowest BCUT2D eigenvalue weighted by Crippen LogP contribution is -2.54. The van der Waals surface area contributed by atoms with Gasteiger partial charge in [-0.3, -0.25) is 14.9 Å². The van der Waals surface area contributed by atoms with Gasteiger partial charge in [0.2, 0.25) is 0 Å². The molecule has 1 N–H and O–H groups in total. The molecule has 1 aliphatic heterocycles. The lowest BCUT2D eigenvalue weighted by Gasteiger charge is -2.26. The van der Waals surface area contributed by atoms with E-state index in [0.29, 0.717) is 26.4 Å². The van der Waals surface area contributed by atoms with Crippen molar-refractivity contribution in [1.82, 2.24) is 5.32 Å². The Morgan fingerprint density at radius 2 is 1.65 bits per heavy atom. The average molecular weight is 516 g/mol. The standard InChI is InChI=1S/C25H17Cl3N2O4/c1-14-2-8-18(12-20(14)27)30-24(32)19(23(31)29-25(30)33)10-16-5-9-22(21(28)11-16)34-13-15-3-6-17(26)7-4-15/h2-12H,13H2,1H3,(H,29,31,33)/b19-10+. The average Bonchev–Trinajstić information content (AvgIpc) is 2.79. The van der Waals surface area contributed by atoms with Crippen LogP contribution in [0.1, 0.15) is 16.7 Å². The second kappa shape index (κ2) is 9.89. The van der Waals surface area contributed by atoms with Crippen LogP contribution in [0, 0.1) is 6.92 Å². The van der Waals surface area contributed by atoms with Gasteiger partial charge in [-0.05, 0) is 66.1 Å². The van der Waals surface area contributed by atoms with Crippen molar-refractivity contribution in [1.29, 1.82) is 0 Å². The minimum atomic E-state index is -0.851. The molecular formula is C25H17Cl3N2O4. The molecule has 0 radical (unpaired) electrons. The smallest absolute Gasteiger partial charge is 0.335 e. The quantitative estimate of drug-likeness (QED) is 0.324. The highest BCUT2D eigenvalue weighted by molar-refractivity contribution is 6.39. The number of imide groups is 2. The maximum absolute atomic E-state index is 13.0. The van der Waals surface area contributed by atoms with Gasteiger partial charge >= 0.3 is 6.03 Å².